The van der Waals surface area contributed by atoms with Crippen LogP contribution in [0.25, 0.3) is 6.08 Å². The van der Waals surface area contributed by atoms with Gasteiger partial charge in [0.2, 0.25) is 8.32 Å². The maximum atomic E-state index is 6.38. The summed E-state index contributed by atoms with van der Waals surface area (Å²) in [5.41, 5.74) is 1.18. The van der Waals surface area contributed by atoms with Gasteiger partial charge in [-0.25, -0.2) is 0 Å². The second-order valence-electron chi connectivity index (χ2n) is 6.15. The van der Waals surface area contributed by atoms with Crippen LogP contribution < -0.4 is 5.19 Å². The van der Waals surface area contributed by atoms with E-state index in [1.54, 1.807) is 0 Å². The van der Waals surface area contributed by atoms with E-state index in [2.05, 4.69) is 106 Å². The number of rotatable bonds is 6. The van der Waals surface area contributed by atoms with Gasteiger partial charge in [-0.05, 0) is 55.4 Å². The molecule has 0 spiro atoms. The Labute approximate surface area is 157 Å². The highest BCUT2D eigenvalue weighted by Gasteiger charge is 2.26. The van der Waals surface area contributed by atoms with Crippen LogP contribution in [0.4, 0.5) is 0 Å². The normalized spacial score (nSPS) is 13.4. The Morgan fingerprint density at radius 1 is 1.04 bits per heavy atom. The van der Waals surface area contributed by atoms with Gasteiger partial charge in [-0.3, -0.25) is 0 Å². The van der Waals surface area contributed by atoms with Gasteiger partial charge in [0.15, 0.2) is 0 Å². The minimum Gasteiger partial charge on any atom is -0.410 e. The van der Waals surface area contributed by atoms with Crippen molar-refractivity contribution in [3.63, 3.8) is 0 Å². The molecule has 0 saturated heterocycles. The van der Waals surface area contributed by atoms with Gasteiger partial charge in [0.1, 0.15) is 0 Å². The Hall–Kier alpha value is -0.683. The van der Waals surface area contributed by atoms with E-state index in [4.69, 9.17) is 4.43 Å². The molecule has 0 aromatic heterocycles. The molecule has 0 radical (unpaired) electrons. The first-order valence-corrected chi connectivity index (χ1v) is 12.2. The van der Waals surface area contributed by atoms with E-state index < -0.39 is 8.32 Å². The van der Waals surface area contributed by atoms with Crippen molar-refractivity contribution in [1.29, 1.82) is 0 Å². The fraction of sp³-hybridized carbons (Fsp3) is 0.263. The van der Waals surface area contributed by atoms with Crippen LogP contribution >= 0.6 is 31.9 Å². The highest BCUT2D eigenvalue weighted by molar-refractivity contribution is 9.11. The average molecular weight is 454 g/mol. The van der Waals surface area contributed by atoms with Crippen molar-refractivity contribution in [2.24, 2.45) is 0 Å². The highest BCUT2D eigenvalue weighted by atomic mass is 79.9. The Bertz CT molecular complexity index is 648. The lowest BCUT2D eigenvalue weighted by atomic mass is 10.2. The van der Waals surface area contributed by atoms with E-state index in [-0.39, 0.29) is 6.10 Å². The van der Waals surface area contributed by atoms with Crippen molar-refractivity contribution >= 4 is 51.4 Å². The SMILES string of the molecule is CC(C/C=C\c1cc(Br)cc(Br)c1)O[Si](C)(C)c1ccccc1. The van der Waals surface area contributed by atoms with E-state index >= 15 is 0 Å². The summed E-state index contributed by atoms with van der Waals surface area (Å²) in [5, 5.41) is 1.34. The first kappa shape index (κ1) is 18.7. The van der Waals surface area contributed by atoms with Crippen LogP contribution in [0.5, 0.6) is 0 Å². The summed E-state index contributed by atoms with van der Waals surface area (Å²) in [4.78, 5) is 0. The molecule has 0 amide bonds. The lowest BCUT2D eigenvalue weighted by Gasteiger charge is -2.27. The molecule has 0 fully saturated rings. The van der Waals surface area contributed by atoms with Crippen LogP contribution in [0.3, 0.4) is 0 Å². The molecular formula is C19H22Br2OSi. The molecule has 1 atom stereocenters. The molecule has 0 bridgehead atoms. The maximum absolute atomic E-state index is 6.38. The molecule has 0 heterocycles. The van der Waals surface area contributed by atoms with Gasteiger partial charge in [-0.1, -0.05) is 74.3 Å². The van der Waals surface area contributed by atoms with Gasteiger partial charge >= 0.3 is 0 Å². The Kier molecular flexibility index (Phi) is 6.83. The molecule has 0 saturated carbocycles. The van der Waals surface area contributed by atoms with Crippen LogP contribution in [0, 0.1) is 0 Å². The van der Waals surface area contributed by atoms with Crippen LogP contribution in [0.1, 0.15) is 18.9 Å². The monoisotopic (exact) mass is 452 g/mol. The van der Waals surface area contributed by atoms with Crippen molar-refractivity contribution in [2.45, 2.75) is 32.5 Å². The van der Waals surface area contributed by atoms with E-state index in [1.807, 2.05) is 6.07 Å². The largest absolute Gasteiger partial charge is 0.410 e. The van der Waals surface area contributed by atoms with Crippen molar-refractivity contribution in [1.82, 2.24) is 0 Å². The van der Waals surface area contributed by atoms with Gasteiger partial charge < -0.3 is 4.43 Å². The number of hydrogen-bond acceptors (Lipinski definition) is 1. The van der Waals surface area contributed by atoms with Gasteiger partial charge in [-0.2, -0.15) is 0 Å². The maximum Gasteiger partial charge on any atom is 0.218 e. The van der Waals surface area contributed by atoms with Crippen molar-refractivity contribution in [3.8, 4) is 0 Å². The zero-order valence-corrected chi connectivity index (χ0v) is 17.9. The Balaban J connectivity index is 1.94. The fourth-order valence-corrected chi connectivity index (χ4v) is 6.09. The van der Waals surface area contributed by atoms with Crippen LogP contribution in [0.15, 0.2) is 63.6 Å². The molecule has 2 rings (SSSR count). The minimum absolute atomic E-state index is 0.212. The molecule has 2 aromatic rings. The summed E-state index contributed by atoms with van der Waals surface area (Å²) < 4.78 is 8.53. The van der Waals surface area contributed by atoms with E-state index in [0.29, 0.717) is 0 Å². The van der Waals surface area contributed by atoms with Crippen LogP contribution in [-0.2, 0) is 4.43 Å². The van der Waals surface area contributed by atoms with E-state index in [9.17, 15) is 0 Å². The summed E-state index contributed by atoms with van der Waals surface area (Å²) >= 11 is 7.03. The highest BCUT2D eigenvalue weighted by Crippen LogP contribution is 2.21. The lowest BCUT2D eigenvalue weighted by Crippen LogP contribution is -2.46. The quantitative estimate of drug-likeness (QED) is 0.477. The number of hydrogen-bond donors (Lipinski definition) is 0. The Morgan fingerprint density at radius 2 is 1.65 bits per heavy atom. The Morgan fingerprint density at radius 3 is 2.26 bits per heavy atom. The standard InChI is InChI=1S/C19H22Br2OSi/c1-15(22-23(2,3)19-10-5-4-6-11-19)8-7-9-16-12-17(20)14-18(21)13-16/h4-7,9-15H,8H2,1-3H3/b9-7-. The van der Waals surface area contributed by atoms with Crippen molar-refractivity contribution in [3.05, 3.63) is 69.1 Å². The van der Waals surface area contributed by atoms with Gasteiger partial charge in [-0.15, -0.1) is 0 Å². The molecule has 23 heavy (non-hydrogen) atoms. The predicted octanol–water partition coefficient (Wildman–Crippen LogP) is 6.13. The lowest BCUT2D eigenvalue weighted by molar-refractivity contribution is 0.221. The first-order valence-electron chi connectivity index (χ1n) is 7.73. The van der Waals surface area contributed by atoms with Crippen molar-refractivity contribution in [2.75, 3.05) is 0 Å². The molecule has 0 N–H and O–H groups in total. The van der Waals surface area contributed by atoms with Crippen LogP contribution in [0.2, 0.25) is 13.1 Å². The average Bonchev–Trinajstić information content (AvgIpc) is 2.46. The molecule has 0 aliphatic heterocycles. The third-order valence-electron chi connectivity index (χ3n) is 3.63. The second-order valence-corrected chi connectivity index (χ2v) is 11.8. The topological polar surface area (TPSA) is 9.23 Å². The molecule has 1 nitrogen and oxygen atoms in total. The van der Waals surface area contributed by atoms with E-state index in [1.165, 1.54) is 10.8 Å². The molecule has 0 aliphatic carbocycles. The fourth-order valence-electron chi connectivity index (χ4n) is 2.53. The molecule has 4 heteroatoms. The van der Waals surface area contributed by atoms with Crippen LogP contribution in [-0.4, -0.2) is 14.4 Å². The minimum atomic E-state index is -1.84. The number of halogens is 2. The summed E-state index contributed by atoms with van der Waals surface area (Å²) in [7, 11) is -1.84. The summed E-state index contributed by atoms with van der Waals surface area (Å²) in [6.07, 6.45) is 5.46. The van der Waals surface area contributed by atoms with Gasteiger partial charge in [0, 0.05) is 15.0 Å². The predicted molar refractivity (Wildman–Crippen MR) is 110 cm³/mol. The molecular weight excluding hydrogens is 432 g/mol. The van der Waals surface area contributed by atoms with E-state index in [0.717, 1.165) is 15.4 Å². The van der Waals surface area contributed by atoms with Crippen molar-refractivity contribution < 1.29 is 4.43 Å². The summed E-state index contributed by atoms with van der Waals surface area (Å²) in [5.74, 6) is 0. The third-order valence-corrected chi connectivity index (χ3v) is 7.26. The second kappa shape index (κ2) is 8.43. The molecule has 122 valence electrons. The first-order chi connectivity index (χ1) is 10.9. The summed E-state index contributed by atoms with van der Waals surface area (Å²) in [6, 6.07) is 16.8. The van der Waals surface area contributed by atoms with Gasteiger partial charge in [0.25, 0.3) is 0 Å². The molecule has 2 aromatic carbocycles. The van der Waals surface area contributed by atoms with Gasteiger partial charge in [0.05, 0.1) is 0 Å². The molecule has 1 unspecified atom stereocenters. The third kappa shape index (κ3) is 6.03. The zero-order valence-electron chi connectivity index (χ0n) is 13.7. The number of benzene rings is 2. The zero-order chi connectivity index (χ0) is 16.9. The smallest absolute Gasteiger partial charge is 0.218 e. The summed E-state index contributed by atoms with van der Waals surface area (Å²) in [6.45, 7) is 6.67. The molecule has 0 aliphatic rings.